The molecular formula is C84H104Cl2N2O4. The highest BCUT2D eigenvalue weighted by Gasteiger charge is 2.48. The van der Waals surface area contributed by atoms with Crippen molar-refractivity contribution in [1.29, 1.82) is 0 Å². The average Bonchev–Trinajstić information content (AvgIpc) is 1.48. The van der Waals surface area contributed by atoms with Crippen LogP contribution < -0.4 is 4.74 Å². The minimum absolute atomic E-state index is 0.0133. The number of fused-ring (bicyclic) bond motifs is 6. The maximum Gasteiger partial charge on any atom is 0.218 e. The number of allylic oxidation sites excluding steroid dienone is 2. The van der Waals surface area contributed by atoms with Crippen LogP contribution in [0.15, 0.2) is 133 Å². The van der Waals surface area contributed by atoms with E-state index in [0.717, 1.165) is 84.3 Å². The number of nitrogens with zero attached hydrogens (tertiary/aromatic N) is 2. The summed E-state index contributed by atoms with van der Waals surface area (Å²) in [5.41, 5.74) is 15.1. The summed E-state index contributed by atoms with van der Waals surface area (Å²) in [6.07, 6.45) is 6.19. The van der Waals surface area contributed by atoms with Crippen LogP contribution in [0.25, 0.3) is 66.0 Å². The quantitative estimate of drug-likeness (QED) is 0.0892. The summed E-state index contributed by atoms with van der Waals surface area (Å²) in [6, 6.07) is 40.7. The monoisotopic (exact) mass is 1270 g/mol. The zero-order valence-corrected chi connectivity index (χ0v) is 61.4. The number of phenolic OH excluding ortho intramolecular Hbond substituents is 1. The summed E-state index contributed by atoms with van der Waals surface area (Å²) >= 11 is 14.2. The normalized spacial score (nSPS) is 16.8. The predicted octanol–water partition coefficient (Wildman–Crippen LogP) is 23.9. The molecule has 2 heterocycles. The Morgan fingerprint density at radius 3 is 1.38 bits per heavy atom. The van der Waals surface area contributed by atoms with Crippen molar-refractivity contribution >= 4 is 72.4 Å². The van der Waals surface area contributed by atoms with Crippen molar-refractivity contribution in [1.82, 2.24) is 9.13 Å². The van der Waals surface area contributed by atoms with Gasteiger partial charge in [0, 0.05) is 59.3 Å². The fourth-order valence-electron chi connectivity index (χ4n) is 15.0. The smallest absolute Gasteiger partial charge is 0.218 e. The Labute approximate surface area is 561 Å². The molecule has 0 radical (unpaired) electrons. The van der Waals surface area contributed by atoms with Crippen molar-refractivity contribution in [2.75, 3.05) is 13.2 Å². The molecule has 2 aromatic heterocycles. The Balaban J connectivity index is 1.15. The first-order chi connectivity index (χ1) is 42.3. The lowest BCUT2D eigenvalue weighted by molar-refractivity contribution is -0.181. The van der Waals surface area contributed by atoms with E-state index in [1.165, 1.54) is 22.3 Å². The third kappa shape index (κ3) is 13.5. The Kier molecular flexibility index (Phi) is 17.6. The molecule has 0 bridgehead atoms. The molecule has 2 N–H and O–H groups in total. The molecule has 9 aromatic rings. The zero-order chi connectivity index (χ0) is 67.8. The summed E-state index contributed by atoms with van der Waals surface area (Å²) < 4.78 is 19.0. The van der Waals surface area contributed by atoms with Crippen LogP contribution in [0.1, 0.15) is 216 Å². The molecule has 1 aliphatic rings. The van der Waals surface area contributed by atoms with E-state index in [9.17, 15) is 10.2 Å². The minimum Gasteiger partial charge on any atom is -0.505 e. The van der Waals surface area contributed by atoms with Crippen LogP contribution in [0.5, 0.6) is 11.5 Å². The molecule has 0 aliphatic heterocycles. The highest BCUT2D eigenvalue weighted by atomic mass is 35.5. The van der Waals surface area contributed by atoms with Gasteiger partial charge in [0.25, 0.3) is 0 Å². The Hall–Kier alpha value is -6.28. The lowest BCUT2D eigenvalue weighted by atomic mass is 9.68. The molecule has 7 aromatic carbocycles. The van der Waals surface area contributed by atoms with E-state index in [0.29, 0.717) is 38.2 Å². The van der Waals surface area contributed by atoms with E-state index in [1.54, 1.807) is 0 Å². The van der Waals surface area contributed by atoms with Crippen LogP contribution in [-0.2, 0) is 31.8 Å². The average molecular weight is 1280 g/mol. The molecule has 0 saturated heterocycles. The summed E-state index contributed by atoms with van der Waals surface area (Å²) in [5, 5.41) is 33.4. The second kappa shape index (κ2) is 23.6. The molecular weight excluding hydrogens is 1170 g/mol. The summed E-state index contributed by atoms with van der Waals surface area (Å²) in [7, 11) is 0. The first kappa shape index (κ1) is 68.6. The molecule has 6 nitrogen and oxygen atoms in total. The Morgan fingerprint density at radius 1 is 0.478 bits per heavy atom. The van der Waals surface area contributed by atoms with Gasteiger partial charge in [-0.05, 0) is 211 Å². The number of aromatic hydroxyl groups is 1. The van der Waals surface area contributed by atoms with E-state index in [4.69, 9.17) is 32.7 Å². The van der Waals surface area contributed by atoms with Crippen molar-refractivity contribution in [3.8, 4) is 28.3 Å². The topological polar surface area (TPSA) is 68.8 Å². The van der Waals surface area contributed by atoms with Gasteiger partial charge in [-0.2, -0.15) is 0 Å². The molecule has 8 heteroatoms. The lowest BCUT2D eigenvalue weighted by Crippen LogP contribution is -2.46. The van der Waals surface area contributed by atoms with Crippen molar-refractivity contribution in [2.45, 2.75) is 218 Å². The number of aryl methyl sites for hydroxylation is 2. The standard InChI is InChI=1S/C84H104Cl2N2O4/c1-50-35-52(38-59(85)36-50)67-44-58(83(23,24)49-77(6,7)8)46-73(88-70-31-27-55(80(15,16)17)41-63(70)64-42-56(81(18,19)20)28-32-71(64)88)84(67,90)92-34-33-91-75-51(2)37-60(86)47-66(75)65-43-57(82(21,22)48-76(3,4)5)45-72(74(65)89)87-68-29-25-53(78(9,10)11)39-61(68)62-40-54(79(12,13)14)26-30-69(62)87/h25-32,35-47,73,89-90H,33-34,48-49H2,1-24H3. The number of benzene rings is 7. The number of rotatable bonds is 13. The molecule has 10 rings (SSSR count). The van der Waals surface area contributed by atoms with Gasteiger partial charge < -0.3 is 28.8 Å². The van der Waals surface area contributed by atoms with Gasteiger partial charge in [-0.25, -0.2) is 0 Å². The molecule has 92 heavy (non-hydrogen) atoms. The molecule has 0 fully saturated rings. The van der Waals surface area contributed by atoms with E-state index in [-0.39, 0.29) is 62.3 Å². The Morgan fingerprint density at radius 2 is 0.924 bits per heavy atom. The summed E-state index contributed by atoms with van der Waals surface area (Å²) in [4.78, 5) is 0. The number of phenols is 1. The molecule has 0 amide bonds. The minimum atomic E-state index is -1.98. The van der Waals surface area contributed by atoms with Crippen LogP contribution in [0.3, 0.4) is 0 Å². The van der Waals surface area contributed by atoms with Gasteiger partial charge in [0.2, 0.25) is 5.79 Å². The van der Waals surface area contributed by atoms with Gasteiger partial charge in [-0.1, -0.05) is 212 Å². The number of hydrogen-bond acceptors (Lipinski definition) is 4. The van der Waals surface area contributed by atoms with Gasteiger partial charge in [-0.3, -0.25) is 0 Å². The fourth-order valence-corrected chi connectivity index (χ4v) is 15.5. The molecule has 2 atom stereocenters. The SMILES string of the molecule is Cc1cc(Cl)cc(C2=CC(C(C)(C)CC(C)(C)C)=CC(n3c4ccc(C(C)(C)C)cc4c4cc(C(C)(C)C)ccc43)C2(O)OCCOc2c(C)cc(Cl)cc2-c2cc(C(C)(C)CC(C)(C)C)cc(-n3c4ccc(C(C)(C)C)cc4c4cc(C(C)(C)C)ccc43)c2O)c1. The van der Waals surface area contributed by atoms with Crippen LogP contribution in [-0.4, -0.2) is 38.3 Å². The zero-order valence-electron chi connectivity index (χ0n) is 59.9. The number of aliphatic hydroxyl groups is 1. The van der Waals surface area contributed by atoms with E-state index < -0.39 is 11.8 Å². The number of aromatic nitrogens is 2. The third-order valence-corrected chi connectivity index (χ3v) is 19.5. The summed E-state index contributed by atoms with van der Waals surface area (Å²) in [6.45, 7) is 54.2. The number of hydrogen-bond donors (Lipinski definition) is 2. The third-order valence-electron chi connectivity index (χ3n) is 19.1. The van der Waals surface area contributed by atoms with Gasteiger partial charge in [0.15, 0.2) is 0 Å². The Bertz CT molecular complexity index is 4260. The van der Waals surface area contributed by atoms with Crippen LogP contribution in [0.4, 0.5) is 0 Å². The first-order valence-electron chi connectivity index (χ1n) is 33.3. The van der Waals surface area contributed by atoms with Crippen LogP contribution in [0, 0.1) is 30.1 Å². The maximum absolute atomic E-state index is 14.4. The van der Waals surface area contributed by atoms with Crippen molar-refractivity contribution in [3.05, 3.63) is 188 Å². The van der Waals surface area contributed by atoms with Crippen molar-refractivity contribution in [2.24, 2.45) is 16.2 Å². The van der Waals surface area contributed by atoms with Crippen LogP contribution in [0.2, 0.25) is 10.0 Å². The maximum atomic E-state index is 14.4. The molecule has 0 saturated carbocycles. The fraction of sp³-hybridized carbons (Fsp3) is 0.452. The van der Waals surface area contributed by atoms with Crippen LogP contribution >= 0.6 is 23.2 Å². The number of ether oxygens (including phenoxy) is 2. The van der Waals surface area contributed by atoms with Gasteiger partial charge >= 0.3 is 0 Å². The largest absolute Gasteiger partial charge is 0.505 e. The summed E-state index contributed by atoms with van der Waals surface area (Å²) in [5.74, 6) is -1.31. The van der Waals surface area contributed by atoms with Crippen molar-refractivity contribution < 1.29 is 19.7 Å². The van der Waals surface area contributed by atoms with E-state index >= 15 is 0 Å². The first-order valence-corrected chi connectivity index (χ1v) is 34.1. The predicted molar refractivity (Wildman–Crippen MR) is 395 cm³/mol. The lowest BCUT2D eigenvalue weighted by Gasteiger charge is -2.44. The molecule has 1 aliphatic carbocycles. The second-order valence-corrected chi connectivity index (χ2v) is 35.8. The van der Waals surface area contributed by atoms with Crippen molar-refractivity contribution in [3.63, 3.8) is 0 Å². The van der Waals surface area contributed by atoms with Gasteiger partial charge in [0.1, 0.15) is 24.1 Å². The number of halogens is 2. The second-order valence-electron chi connectivity index (χ2n) is 34.9. The molecule has 2 unspecified atom stereocenters. The molecule has 0 spiro atoms. The van der Waals surface area contributed by atoms with Gasteiger partial charge in [-0.15, -0.1) is 0 Å². The van der Waals surface area contributed by atoms with E-state index in [2.05, 4.69) is 265 Å². The van der Waals surface area contributed by atoms with Gasteiger partial charge in [0.05, 0.1) is 23.3 Å². The molecule has 488 valence electrons. The highest BCUT2D eigenvalue weighted by molar-refractivity contribution is 6.31. The highest BCUT2D eigenvalue weighted by Crippen LogP contribution is 2.54. The van der Waals surface area contributed by atoms with E-state index in [1.807, 2.05) is 38.1 Å².